The Hall–Kier alpha value is -2.31. The van der Waals surface area contributed by atoms with Crippen LogP contribution in [0.1, 0.15) is 58.1 Å². The van der Waals surface area contributed by atoms with Gasteiger partial charge in [-0.2, -0.15) is 0 Å². The highest BCUT2D eigenvalue weighted by molar-refractivity contribution is 5.97. The number of furan rings is 1. The summed E-state index contributed by atoms with van der Waals surface area (Å²) in [5, 5.41) is 37.3. The molecule has 6 fully saturated rings. The molecule has 1 spiro atoms. The zero-order valence-electron chi connectivity index (χ0n) is 22.6. The number of esters is 2. The quantitative estimate of drug-likeness (QED) is 0.463. The van der Waals surface area contributed by atoms with E-state index in [2.05, 4.69) is 0 Å². The highest BCUT2D eigenvalue weighted by Crippen LogP contribution is 2.87. The molecule has 1 aromatic heterocycles. The Balaban J connectivity index is 1.54. The summed E-state index contributed by atoms with van der Waals surface area (Å²) in [5.74, 6) is -7.45. The van der Waals surface area contributed by atoms with Crippen LogP contribution in [0, 0.1) is 34.0 Å². The zero-order chi connectivity index (χ0) is 28.2. The normalized spacial score (nSPS) is 55.3. The Morgan fingerprint density at radius 2 is 1.90 bits per heavy atom. The molecule has 0 unspecified atom stereocenters. The van der Waals surface area contributed by atoms with Gasteiger partial charge in [0.15, 0.2) is 11.9 Å². The van der Waals surface area contributed by atoms with Crippen molar-refractivity contribution in [1.29, 1.82) is 0 Å². The van der Waals surface area contributed by atoms with Crippen molar-refractivity contribution >= 4 is 17.7 Å². The van der Waals surface area contributed by atoms with Crippen molar-refractivity contribution in [3.8, 4) is 0 Å². The Morgan fingerprint density at radius 3 is 2.51 bits per heavy atom. The third kappa shape index (κ3) is 2.20. The van der Waals surface area contributed by atoms with Gasteiger partial charge < -0.3 is 38.7 Å². The Bertz CT molecular complexity index is 1310. The number of aliphatic hydroxyl groups excluding tert-OH is 1. The van der Waals surface area contributed by atoms with E-state index in [-0.39, 0.29) is 12.8 Å². The average molecular weight is 547 g/mol. The van der Waals surface area contributed by atoms with Crippen molar-refractivity contribution in [2.45, 2.75) is 81.3 Å². The minimum atomic E-state index is -2.14. The van der Waals surface area contributed by atoms with Crippen molar-refractivity contribution < 1.29 is 53.1 Å². The van der Waals surface area contributed by atoms with Crippen LogP contribution in [-0.4, -0.2) is 76.0 Å². The molecule has 0 aromatic carbocycles. The second-order valence-electron chi connectivity index (χ2n) is 13.2. The fourth-order valence-corrected chi connectivity index (χ4v) is 11.1. The van der Waals surface area contributed by atoms with E-state index in [1.165, 1.54) is 19.6 Å². The molecule has 0 radical (unpaired) electrons. The van der Waals surface area contributed by atoms with Crippen LogP contribution in [0.2, 0.25) is 0 Å². The summed E-state index contributed by atoms with van der Waals surface area (Å²) in [4.78, 5) is 40.7. The number of ether oxygens (including phenoxy) is 4. The maximum atomic E-state index is 14.6. The molecule has 11 heteroatoms. The van der Waals surface area contributed by atoms with E-state index in [4.69, 9.17) is 23.4 Å². The van der Waals surface area contributed by atoms with E-state index >= 15 is 0 Å². The topological polar surface area (TPSA) is 162 Å². The summed E-state index contributed by atoms with van der Waals surface area (Å²) in [7, 11) is 2.43. The van der Waals surface area contributed by atoms with Crippen LogP contribution in [0.3, 0.4) is 0 Å². The van der Waals surface area contributed by atoms with Crippen LogP contribution in [0.4, 0.5) is 0 Å². The largest absolute Gasteiger partial charge is 0.472 e. The molecule has 2 aliphatic heterocycles. The summed E-state index contributed by atoms with van der Waals surface area (Å²) in [6, 6.07) is 1.69. The van der Waals surface area contributed by atoms with Gasteiger partial charge in [-0.25, -0.2) is 4.79 Å². The van der Waals surface area contributed by atoms with Gasteiger partial charge in [0.1, 0.15) is 17.3 Å². The lowest BCUT2D eigenvalue weighted by molar-refractivity contribution is -0.329. The van der Waals surface area contributed by atoms with Crippen LogP contribution >= 0.6 is 0 Å². The first-order chi connectivity index (χ1) is 18.2. The molecule has 12 atom stereocenters. The number of fused-ring (bicyclic) bond motifs is 2. The first-order valence-electron chi connectivity index (χ1n) is 13.4. The van der Waals surface area contributed by atoms with Gasteiger partial charge in [-0.3, -0.25) is 9.59 Å². The fraction of sp³-hybridized carbons (Fsp3) is 0.750. The van der Waals surface area contributed by atoms with Crippen molar-refractivity contribution in [1.82, 2.24) is 0 Å². The number of ketones is 1. The van der Waals surface area contributed by atoms with Gasteiger partial charge in [0, 0.05) is 34.8 Å². The highest BCUT2D eigenvalue weighted by Gasteiger charge is 2.99. The van der Waals surface area contributed by atoms with E-state index in [9.17, 15) is 29.7 Å². The second kappa shape index (κ2) is 6.94. The van der Waals surface area contributed by atoms with Crippen LogP contribution in [0.25, 0.3) is 0 Å². The number of hydrogen-bond acceptors (Lipinski definition) is 11. The maximum Gasteiger partial charge on any atom is 0.335 e. The lowest BCUT2D eigenvalue weighted by Gasteiger charge is -2.63. The van der Waals surface area contributed by atoms with Crippen molar-refractivity contribution in [3.05, 3.63) is 24.2 Å². The average Bonchev–Trinajstić information content (AvgIpc) is 3.56. The molecule has 212 valence electrons. The third-order valence-corrected chi connectivity index (χ3v) is 12.3. The molecule has 39 heavy (non-hydrogen) atoms. The number of carbonyl (C=O) groups excluding carboxylic acids is 3. The first-order valence-corrected chi connectivity index (χ1v) is 13.4. The zero-order valence-corrected chi connectivity index (χ0v) is 22.6. The summed E-state index contributed by atoms with van der Waals surface area (Å²) in [5.41, 5.74) is -8.71. The molecule has 2 bridgehead atoms. The fourth-order valence-electron chi connectivity index (χ4n) is 11.1. The smallest absolute Gasteiger partial charge is 0.335 e. The molecule has 4 aliphatic carbocycles. The molecular weight excluding hydrogens is 512 g/mol. The third-order valence-electron chi connectivity index (χ3n) is 12.3. The van der Waals surface area contributed by atoms with Gasteiger partial charge in [0.05, 0.1) is 37.6 Å². The van der Waals surface area contributed by atoms with Gasteiger partial charge in [-0.1, -0.05) is 20.8 Å². The number of aliphatic hydroxyl groups is 3. The van der Waals surface area contributed by atoms with Crippen LogP contribution < -0.4 is 0 Å². The Labute approximate surface area is 224 Å². The number of cyclic esters (lactones) is 1. The molecule has 2 saturated heterocycles. The molecule has 7 rings (SSSR count). The molecule has 0 amide bonds. The number of hydrogen-bond donors (Lipinski definition) is 3. The number of Topliss-reactive ketones (excluding diaryl/α,β-unsaturated/α-hetero) is 1. The van der Waals surface area contributed by atoms with E-state index in [0.29, 0.717) is 18.4 Å². The SMILES string of the molecule is COC(=O)[C@H](O)[C@@H]1[C@@]2(C)[C@H]3CC[C@@]4(C)[C@H](c5ccoc5)OC(=O)C[C@@]45O[C@@]4(OC)C(=O)[C@]1(C)C[C@]2(O)[C@H]4[C@@]35O. The van der Waals surface area contributed by atoms with Gasteiger partial charge in [-0.05, 0) is 31.2 Å². The molecule has 11 nitrogen and oxygen atoms in total. The monoisotopic (exact) mass is 546 g/mol. The van der Waals surface area contributed by atoms with E-state index < -0.39 is 86.5 Å². The van der Waals surface area contributed by atoms with Crippen molar-refractivity contribution in [2.24, 2.45) is 34.0 Å². The van der Waals surface area contributed by atoms with Crippen molar-refractivity contribution in [2.75, 3.05) is 14.2 Å². The molecule has 6 aliphatic rings. The van der Waals surface area contributed by atoms with E-state index in [1.807, 2.05) is 6.92 Å². The number of methoxy groups -OCH3 is 2. The lowest BCUT2D eigenvalue weighted by atomic mass is 9.45. The lowest BCUT2D eigenvalue weighted by Crippen LogP contribution is -2.73. The summed E-state index contributed by atoms with van der Waals surface area (Å²) in [6.45, 7) is 5.21. The van der Waals surface area contributed by atoms with Crippen LogP contribution in [0.5, 0.6) is 0 Å². The Kier molecular flexibility index (Phi) is 4.56. The highest BCUT2D eigenvalue weighted by atomic mass is 16.7. The molecular formula is C28H34O11. The summed E-state index contributed by atoms with van der Waals surface area (Å²) < 4.78 is 28.8. The number of carbonyl (C=O) groups is 3. The first kappa shape index (κ1) is 25.6. The molecule has 1 aromatic rings. The summed E-state index contributed by atoms with van der Waals surface area (Å²) in [6.07, 6.45) is 0.562. The second-order valence-corrected chi connectivity index (χ2v) is 13.2. The summed E-state index contributed by atoms with van der Waals surface area (Å²) >= 11 is 0. The minimum absolute atomic E-state index is 0.117. The molecule has 4 saturated carbocycles. The van der Waals surface area contributed by atoms with Crippen molar-refractivity contribution in [3.63, 3.8) is 0 Å². The van der Waals surface area contributed by atoms with Gasteiger partial charge in [0.25, 0.3) is 0 Å². The predicted molar refractivity (Wildman–Crippen MR) is 127 cm³/mol. The van der Waals surface area contributed by atoms with Gasteiger partial charge in [-0.15, -0.1) is 0 Å². The van der Waals surface area contributed by atoms with Crippen LogP contribution in [0.15, 0.2) is 23.0 Å². The van der Waals surface area contributed by atoms with E-state index in [1.54, 1.807) is 19.9 Å². The standard InChI is InChI=1S/C28H34O11/c1-22-12-25(33)20-27(34)14(24(25,3)17(22)16(30)19(31)35-4)6-8-23(2)18(13-7-9-37-11-13)38-15(29)10-26(23,27)39-28(20,36-5)21(22)32/h7,9,11,14,16-18,20,30,33-34H,6,8,10,12H2,1-5H3/t14-,16-,17+,18+,20+,22-,23+,24-,25+,26-,27+,28-/m1/s1. The minimum Gasteiger partial charge on any atom is -0.472 e. The maximum absolute atomic E-state index is 14.6. The Morgan fingerprint density at radius 1 is 1.18 bits per heavy atom. The van der Waals surface area contributed by atoms with Gasteiger partial charge in [0.2, 0.25) is 5.79 Å². The molecule has 3 N–H and O–H groups in total. The predicted octanol–water partition coefficient (Wildman–Crippen LogP) is 1.04. The number of rotatable bonds is 4. The van der Waals surface area contributed by atoms with Gasteiger partial charge >= 0.3 is 11.9 Å². The van der Waals surface area contributed by atoms with Crippen LogP contribution in [-0.2, 0) is 33.3 Å². The molecule has 3 heterocycles. The van der Waals surface area contributed by atoms with E-state index in [0.717, 1.165) is 7.11 Å².